The molecule has 0 aliphatic rings. The molecule has 0 unspecified atom stereocenters. The van der Waals surface area contributed by atoms with Gasteiger partial charge >= 0.3 is 7.82 Å². The summed E-state index contributed by atoms with van der Waals surface area (Å²) in [5.41, 5.74) is 0. The van der Waals surface area contributed by atoms with E-state index in [1.54, 1.807) is 0 Å². The molecule has 4 nitrogen and oxygen atoms in total. The molecule has 13 heavy (non-hydrogen) atoms. The van der Waals surface area contributed by atoms with Gasteiger partial charge in [0.05, 0.1) is 13.2 Å². The average Bonchev–Trinajstić information content (AvgIpc) is 2.05. The molecule has 0 aliphatic heterocycles. The minimum Gasteiger partial charge on any atom is -0.285 e. The van der Waals surface area contributed by atoms with E-state index in [1.807, 2.05) is 0 Å². The molecule has 0 saturated carbocycles. The van der Waals surface area contributed by atoms with Crippen molar-refractivity contribution in [3.63, 3.8) is 0 Å². The second-order valence-electron chi connectivity index (χ2n) is 2.20. The quantitative estimate of drug-likeness (QED) is 0.256. The van der Waals surface area contributed by atoms with Gasteiger partial charge in [0.2, 0.25) is 0 Å². The first-order valence-corrected chi connectivity index (χ1v) is 8.35. The van der Waals surface area contributed by atoms with E-state index in [4.69, 9.17) is 0 Å². The molecule has 0 bridgehead atoms. The maximum absolute atomic E-state index is 11.0. The van der Waals surface area contributed by atoms with E-state index in [0.717, 1.165) is 21.7 Å². The van der Waals surface area contributed by atoms with Crippen molar-refractivity contribution in [2.45, 2.75) is 12.8 Å². The second kappa shape index (κ2) is 8.84. The third-order valence-electron chi connectivity index (χ3n) is 1.05. The van der Waals surface area contributed by atoms with Gasteiger partial charge in [-0.05, 0) is 12.8 Å². The van der Waals surface area contributed by atoms with Crippen LogP contribution in [0.5, 0.6) is 0 Å². The van der Waals surface area contributed by atoms with Gasteiger partial charge in [0.1, 0.15) is 0 Å². The van der Waals surface area contributed by atoms with E-state index in [2.05, 4.69) is 54.2 Å². The summed E-state index contributed by atoms with van der Waals surface area (Å²) >= 11 is 4.32. The Kier molecular flexibility index (Phi) is 9.91. The monoisotopic (exact) mass is 433 g/mol. The molecule has 0 atom stereocenters. The van der Waals surface area contributed by atoms with Crippen molar-refractivity contribution in [1.29, 1.82) is 0 Å². The molecule has 0 spiro atoms. The molecule has 0 heterocycles. The van der Waals surface area contributed by atoms with E-state index in [9.17, 15) is 9.46 Å². The van der Waals surface area contributed by atoms with E-state index in [0.29, 0.717) is 0 Å². The second-order valence-corrected chi connectivity index (χ2v) is 5.77. The van der Waals surface area contributed by atoms with Crippen molar-refractivity contribution >= 4 is 53.0 Å². The van der Waals surface area contributed by atoms with Crippen molar-refractivity contribution in [2.24, 2.45) is 0 Å². The number of hydrogen-bond donors (Lipinski definition) is 0. The first kappa shape index (κ1) is 14.6. The lowest BCUT2D eigenvalue weighted by molar-refractivity contribution is 0.129. The molecule has 79 valence electrons. The third-order valence-corrected chi connectivity index (χ3v) is 3.58. The number of alkyl halides is 2. The van der Waals surface area contributed by atoms with Gasteiger partial charge in [0.15, 0.2) is 0 Å². The molecule has 0 fully saturated rings. The van der Waals surface area contributed by atoms with Crippen LogP contribution in [0.1, 0.15) is 12.8 Å². The lowest BCUT2D eigenvalue weighted by Gasteiger charge is -2.08. The molecule has 0 aliphatic carbocycles. The van der Waals surface area contributed by atoms with Gasteiger partial charge in [-0.2, -0.15) is 0 Å². The molecule has 0 aromatic carbocycles. The summed E-state index contributed by atoms with van der Waals surface area (Å²) in [5, 5.41) is 0. The van der Waals surface area contributed by atoms with Gasteiger partial charge in [-0.15, -0.1) is 4.89 Å². The van der Waals surface area contributed by atoms with E-state index >= 15 is 0 Å². The molecular formula is C6H12I2O4P. The Balaban J connectivity index is 3.49. The van der Waals surface area contributed by atoms with Gasteiger partial charge < -0.3 is 0 Å². The minimum absolute atomic E-state index is 0.216. The first-order chi connectivity index (χ1) is 6.12. The predicted octanol–water partition coefficient (Wildman–Crippen LogP) is 3.21. The summed E-state index contributed by atoms with van der Waals surface area (Å²) in [7, 11) is -4.01. The van der Waals surface area contributed by atoms with Crippen LogP contribution in [0.4, 0.5) is 0 Å². The molecule has 1 radical (unpaired) electrons. The fourth-order valence-electron chi connectivity index (χ4n) is 0.499. The first-order valence-electron chi connectivity index (χ1n) is 3.84. The predicted molar refractivity (Wildman–Crippen MR) is 67.2 cm³/mol. The summed E-state index contributed by atoms with van der Waals surface area (Å²) < 4.78 is 21.9. The van der Waals surface area contributed by atoms with Crippen LogP contribution in [-0.4, -0.2) is 22.1 Å². The smallest absolute Gasteiger partial charge is 0.285 e. The average molecular weight is 433 g/mol. The maximum atomic E-state index is 11.0. The largest absolute Gasteiger partial charge is 0.502 e. The van der Waals surface area contributed by atoms with Gasteiger partial charge in [-0.1, -0.05) is 45.2 Å². The Morgan fingerprint density at radius 2 is 1.38 bits per heavy atom. The Bertz CT molecular complexity index is 153. The molecule has 0 aromatic heterocycles. The van der Waals surface area contributed by atoms with Gasteiger partial charge in [-0.25, -0.2) is 4.57 Å². The van der Waals surface area contributed by atoms with Crippen LogP contribution < -0.4 is 0 Å². The van der Waals surface area contributed by atoms with Crippen LogP contribution in [0.15, 0.2) is 0 Å². The lowest BCUT2D eigenvalue weighted by atomic mass is 10.5. The summed E-state index contributed by atoms with van der Waals surface area (Å²) in [6.45, 7) is 0.432. The fourth-order valence-corrected chi connectivity index (χ4v) is 1.90. The number of rotatable bonds is 8. The zero-order valence-corrected chi connectivity index (χ0v) is 12.3. The summed E-state index contributed by atoms with van der Waals surface area (Å²) in [6.07, 6.45) is 1.45. The lowest BCUT2D eigenvalue weighted by Crippen LogP contribution is -1.98. The summed E-state index contributed by atoms with van der Waals surface area (Å²) in [6, 6.07) is 0. The Morgan fingerprint density at radius 3 is 1.69 bits per heavy atom. The molecule has 0 rings (SSSR count). The molecule has 0 amide bonds. The third kappa shape index (κ3) is 9.86. The van der Waals surface area contributed by atoms with Crippen LogP contribution in [0.2, 0.25) is 0 Å². The Labute approximate surface area is 106 Å². The molecule has 0 N–H and O–H groups in total. The van der Waals surface area contributed by atoms with Crippen LogP contribution in [0, 0.1) is 0 Å². The van der Waals surface area contributed by atoms with E-state index in [1.165, 1.54) is 0 Å². The highest BCUT2D eigenvalue weighted by Crippen LogP contribution is 2.44. The topological polar surface area (TPSA) is 55.4 Å². The van der Waals surface area contributed by atoms with Gasteiger partial charge in [0.25, 0.3) is 0 Å². The van der Waals surface area contributed by atoms with Crippen molar-refractivity contribution in [3.8, 4) is 0 Å². The van der Waals surface area contributed by atoms with E-state index < -0.39 is 7.82 Å². The van der Waals surface area contributed by atoms with Gasteiger partial charge in [-0.3, -0.25) is 9.05 Å². The van der Waals surface area contributed by atoms with Gasteiger partial charge in [0, 0.05) is 8.86 Å². The normalized spacial score (nSPS) is 11.9. The van der Waals surface area contributed by atoms with Crippen molar-refractivity contribution in [1.82, 2.24) is 0 Å². The highest BCUT2D eigenvalue weighted by molar-refractivity contribution is 14.1. The standard InChI is InChI=1S/C6H12I2O4P/c7-3-1-5-11-13(9,10)12-6-2-4-8/h1-6H2. The minimum atomic E-state index is -4.01. The SMILES string of the molecule is [O]P(=O)(OCCCI)OCCCI. The highest BCUT2D eigenvalue weighted by Gasteiger charge is 2.22. The zero-order chi connectivity index (χ0) is 10.2. The van der Waals surface area contributed by atoms with E-state index in [-0.39, 0.29) is 13.2 Å². The van der Waals surface area contributed by atoms with Crippen LogP contribution >= 0.6 is 53.0 Å². The van der Waals surface area contributed by atoms with Crippen LogP contribution in [0.3, 0.4) is 0 Å². The summed E-state index contributed by atoms with van der Waals surface area (Å²) in [5.74, 6) is 0. The zero-order valence-electron chi connectivity index (χ0n) is 7.08. The maximum Gasteiger partial charge on any atom is 0.502 e. The molecular weight excluding hydrogens is 421 g/mol. The van der Waals surface area contributed by atoms with Crippen molar-refractivity contribution < 1.29 is 18.5 Å². The molecule has 0 saturated heterocycles. The Hall–Kier alpha value is 1.57. The molecule has 7 heteroatoms. The number of halogens is 2. The Morgan fingerprint density at radius 1 is 1.00 bits per heavy atom. The van der Waals surface area contributed by atoms with Crippen molar-refractivity contribution in [3.05, 3.63) is 0 Å². The van der Waals surface area contributed by atoms with Crippen molar-refractivity contribution in [2.75, 3.05) is 22.1 Å². The highest BCUT2D eigenvalue weighted by atomic mass is 127. The number of hydrogen-bond acceptors (Lipinski definition) is 3. The summed E-state index contributed by atoms with van der Waals surface area (Å²) in [4.78, 5) is 11.0. The fraction of sp³-hybridized carbons (Fsp3) is 1.00. The van der Waals surface area contributed by atoms with Crippen LogP contribution in [0.25, 0.3) is 0 Å². The van der Waals surface area contributed by atoms with Crippen LogP contribution in [-0.2, 0) is 18.5 Å². The molecule has 0 aromatic rings.